The molecule has 0 aliphatic carbocycles. The summed E-state index contributed by atoms with van der Waals surface area (Å²) >= 11 is 1.33. The third-order valence-corrected chi connectivity index (χ3v) is 4.12. The molecular weight excluding hydrogens is 286 g/mol. The van der Waals surface area contributed by atoms with Gasteiger partial charge in [0.2, 0.25) is 0 Å². The van der Waals surface area contributed by atoms with Crippen LogP contribution in [0.25, 0.3) is 0 Å². The first-order valence-corrected chi connectivity index (χ1v) is 7.41. The van der Waals surface area contributed by atoms with E-state index in [-0.39, 0.29) is 11.9 Å². The van der Waals surface area contributed by atoms with Crippen LogP contribution in [0.3, 0.4) is 0 Å². The number of nitrogens with zero attached hydrogens (tertiary/aromatic N) is 1. The van der Waals surface area contributed by atoms with E-state index < -0.39 is 0 Å². The molecule has 0 saturated carbocycles. The molecule has 0 saturated heterocycles. The summed E-state index contributed by atoms with van der Waals surface area (Å²) in [5.41, 5.74) is 8.41. The minimum absolute atomic E-state index is 0.135. The molecule has 0 fully saturated rings. The Morgan fingerprint density at radius 2 is 2.14 bits per heavy atom. The van der Waals surface area contributed by atoms with Crippen molar-refractivity contribution in [2.45, 2.75) is 19.9 Å². The zero-order valence-corrected chi connectivity index (χ0v) is 13.2. The molecule has 1 aromatic heterocycles. The van der Waals surface area contributed by atoms with Crippen molar-refractivity contribution in [1.82, 2.24) is 9.69 Å². The molecule has 1 unspecified atom stereocenters. The maximum atomic E-state index is 12.2. The SMILES string of the molecule is COc1ccccc1C(N)CNC(=O)c1c(C)nsc1C. The zero-order valence-electron chi connectivity index (χ0n) is 12.3. The van der Waals surface area contributed by atoms with Gasteiger partial charge in [0, 0.05) is 17.0 Å². The molecule has 2 rings (SSSR count). The van der Waals surface area contributed by atoms with Crippen molar-refractivity contribution in [2.75, 3.05) is 13.7 Å². The number of benzene rings is 1. The van der Waals surface area contributed by atoms with E-state index in [9.17, 15) is 4.79 Å². The highest BCUT2D eigenvalue weighted by Crippen LogP contribution is 2.23. The Labute approximate surface area is 128 Å². The van der Waals surface area contributed by atoms with Gasteiger partial charge in [-0.15, -0.1) is 0 Å². The number of amides is 1. The molecule has 1 aromatic carbocycles. The number of para-hydroxylation sites is 1. The summed E-state index contributed by atoms with van der Waals surface area (Å²) in [4.78, 5) is 13.1. The van der Waals surface area contributed by atoms with Gasteiger partial charge in [-0.25, -0.2) is 0 Å². The Hall–Kier alpha value is -1.92. The van der Waals surface area contributed by atoms with Crippen LogP contribution in [0, 0.1) is 13.8 Å². The molecule has 2 aromatic rings. The molecule has 1 heterocycles. The maximum Gasteiger partial charge on any atom is 0.254 e. The van der Waals surface area contributed by atoms with Crippen molar-refractivity contribution in [1.29, 1.82) is 0 Å². The smallest absolute Gasteiger partial charge is 0.254 e. The highest BCUT2D eigenvalue weighted by Gasteiger charge is 2.17. The van der Waals surface area contributed by atoms with Crippen LogP contribution in [-0.2, 0) is 0 Å². The molecular formula is C15H19N3O2S. The molecule has 0 bridgehead atoms. The van der Waals surface area contributed by atoms with Gasteiger partial charge in [-0.2, -0.15) is 4.37 Å². The van der Waals surface area contributed by atoms with Gasteiger partial charge in [0.1, 0.15) is 5.75 Å². The predicted molar refractivity (Wildman–Crippen MR) is 83.8 cm³/mol. The average molecular weight is 305 g/mol. The lowest BCUT2D eigenvalue weighted by atomic mass is 10.1. The van der Waals surface area contributed by atoms with Gasteiger partial charge in [0.15, 0.2) is 0 Å². The molecule has 0 aliphatic heterocycles. The number of rotatable bonds is 5. The predicted octanol–water partition coefficient (Wildman–Crippen LogP) is 2.20. The Kier molecular flexibility index (Phi) is 4.93. The van der Waals surface area contributed by atoms with Crippen LogP contribution in [-0.4, -0.2) is 23.9 Å². The molecule has 112 valence electrons. The molecule has 0 aliphatic rings. The van der Waals surface area contributed by atoms with E-state index in [4.69, 9.17) is 10.5 Å². The maximum absolute atomic E-state index is 12.2. The second-order valence-electron chi connectivity index (χ2n) is 4.76. The molecule has 5 nitrogen and oxygen atoms in total. The Bertz CT molecular complexity index is 620. The number of carbonyl (C=O) groups is 1. The highest BCUT2D eigenvalue weighted by atomic mass is 32.1. The number of hydrogen-bond donors (Lipinski definition) is 2. The van der Waals surface area contributed by atoms with Crippen LogP contribution >= 0.6 is 11.5 Å². The van der Waals surface area contributed by atoms with Gasteiger partial charge in [-0.1, -0.05) is 18.2 Å². The zero-order chi connectivity index (χ0) is 15.4. The minimum atomic E-state index is -0.322. The average Bonchev–Trinajstić information content (AvgIpc) is 2.83. The van der Waals surface area contributed by atoms with Gasteiger partial charge < -0.3 is 15.8 Å². The van der Waals surface area contributed by atoms with E-state index in [0.717, 1.165) is 21.9 Å². The fourth-order valence-corrected chi connectivity index (χ4v) is 2.88. The standard InChI is InChI=1S/C15H19N3O2S/c1-9-14(10(2)21-18-9)15(19)17-8-12(16)11-6-4-5-7-13(11)20-3/h4-7,12H,8,16H2,1-3H3,(H,17,19). The lowest BCUT2D eigenvalue weighted by molar-refractivity contribution is 0.0950. The summed E-state index contributed by atoms with van der Waals surface area (Å²) in [6.45, 7) is 4.06. The second-order valence-corrected chi connectivity index (χ2v) is 5.74. The van der Waals surface area contributed by atoms with E-state index in [1.54, 1.807) is 7.11 Å². The van der Waals surface area contributed by atoms with Crippen molar-refractivity contribution in [3.8, 4) is 5.75 Å². The van der Waals surface area contributed by atoms with E-state index >= 15 is 0 Å². The first kappa shape index (κ1) is 15.5. The van der Waals surface area contributed by atoms with Crippen molar-refractivity contribution in [2.24, 2.45) is 5.73 Å². The lowest BCUT2D eigenvalue weighted by Gasteiger charge is -2.16. The number of methoxy groups -OCH3 is 1. The van der Waals surface area contributed by atoms with Crippen molar-refractivity contribution >= 4 is 17.4 Å². The van der Waals surface area contributed by atoms with Gasteiger partial charge in [0.05, 0.1) is 24.4 Å². The third kappa shape index (κ3) is 3.40. The van der Waals surface area contributed by atoms with Crippen LogP contribution in [0.2, 0.25) is 0 Å². The van der Waals surface area contributed by atoms with Crippen LogP contribution in [0.1, 0.15) is 32.5 Å². The van der Waals surface area contributed by atoms with E-state index in [2.05, 4.69) is 9.69 Å². The van der Waals surface area contributed by atoms with E-state index in [0.29, 0.717) is 12.1 Å². The second kappa shape index (κ2) is 6.69. The Balaban J connectivity index is 2.04. The van der Waals surface area contributed by atoms with Gasteiger partial charge in [0.25, 0.3) is 5.91 Å². The fraction of sp³-hybridized carbons (Fsp3) is 0.333. The van der Waals surface area contributed by atoms with Crippen molar-refractivity contribution in [3.05, 3.63) is 46.0 Å². The first-order chi connectivity index (χ1) is 10.0. The highest BCUT2D eigenvalue weighted by molar-refractivity contribution is 7.06. The number of nitrogens with two attached hydrogens (primary N) is 1. The van der Waals surface area contributed by atoms with Crippen LogP contribution in [0.15, 0.2) is 24.3 Å². The molecule has 21 heavy (non-hydrogen) atoms. The van der Waals surface area contributed by atoms with Crippen LogP contribution in [0.5, 0.6) is 5.75 Å². The summed E-state index contributed by atoms with van der Waals surface area (Å²) < 4.78 is 9.46. The quantitative estimate of drug-likeness (QED) is 0.888. The summed E-state index contributed by atoms with van der Waals surface area (Å²) in [7, 11) is 1.61. The van der Waals surface area contributed by atoms with Gasteiger partial charge >= 0.3 is 0 Å². The topological polar surface area (TPSA) is 77.2 Å². The first-order valence-electron chi connectivity index (χ1n) is 6.64. The number of hydrogen-bond acceptors (Lipinski definition) is 5. The largest absolute Gasteiger partial charge is 0.496 e. The van der Waals surface area contributed by atoms with Gasteiger partial charge in [-0.05, 0) is 31.4 Å². The van der Waals surface area contributed by atoms with E-state index in [1.165, 1.54) is 11.5 Å². The molecule has 3 N–H and O–H groups in total. The van der Waals surface area contributed by atoms with E-state index in [1.807, 2.05) is 38.1 Å². The summed E-state index contributed by atoms with van der Waals surface area (Å²) in [6, 6.07) is 7.22. The van der Waals surface area contributed by atoms with Crippen LogP contribution < -0.4 is 15.8 Å². The van der Waals surface area contributed by atoms with Crippen molar-refractivity contribution < 1.29 is 9.53 Å². The number of ether oxygens (including phenoxy) is 1. The molecule has 1 atom stereocenters. The summed E-state index contributed by atoms with van der Waals surface area (Å²) in [5.74, 6) is 0.591. The number of nitrogens with one attached hydrogen (secondary N) is 1. The lowest BCUT2D eigenvalue weighted by Crippen LogP contribution is -2.32. The summed E-state index contributed by atoms with van der Waals surface area (Å²) in [6.07, 6.45) is 0. The molecule has 1 amide bonds. The third-order valence-electron chi connectivity index (χ3n) is 3.28. The fourth-order valence-electron chi connectivity index (χ4n) is 2.18. The number of carbonyl (C=O) groups excluding carboxylic acids is 1. The Morgan fingerprint density at radius 3 is 2.76 bits per heavy atom. The number of aromatic nitrogens is 1. The molecule has 6 heteroatoms. The van der Waals surface area contributed by atoms with Gasteiger partial charge in [-0.3, -0.25) is 4.79 Å². The van der Waals surface area contributed by atoms with Crippen LogP contribution in [0.4, 0.5) is 0 Å². The minimum Gasteiger partial charge on any atom is -0.496 e. The molecule has 0 radical (unpaired) electrons. The van der Waals surface area contributed by atoms with Crippen molar-refractivity contribution in [3.63, 3.8) is 0 Å². The monoisotopic (exact) mass is 305 g/mol. The Morgan fingerprint density at radius 1 is 1.43 bits per heavy atom. The normalized spacial score (nSPS) is 12.0. The summed E-state index contributed by atoms with van der Waals surface area (Å²) in [5, 5.41) is 2.86. The molecule has 0 spiro atoms. The number of aryl methyl sites for hydroxylation is 2.